The lowest BCUT2D eigenvalue weighted by molar-refractivity contribution is 0.0938. The van der Waals surface area contributed by atoms with Crippen LogP contribution in [0.1, 0.15) is 29.5 Å². The van der Waals surface area contributed by atoms with Crippen LogP contribution in [0.5, 0.6) is 0 Å². The SMILES string of the molecule is CC(CCc1ccco1)NC(=O)c1cc(N)ncc1Cl. The van der Waals surface area contributed by atoms with Gasteiger partial charge in [0.1, 0.15) is 11.6 Å². The molecule has 5 nitrogen and oxygen atoms in total. The fourth-order valence-electron chi connectivity index (χ4n) is 1.82. The van der Waals surface area contributed by atoms with Crippen molar-refractivity contribution < 1.29 is 9.21 Å². The van der Waals surface area contributed by atoms with Gasteiger partial charge in [-0.25, -0.2) is 4.98 Å². The van der Waals surface area contributed by atoms with Crippen molar-refractivity contribution in [3.8, 4) is 0 Å². The van der Waals surface area contributed by atoms with Gasteiger partial charge < -0.3 is 15.5 Å². The number of nitrogens with one attached hydrogen (secondary N) is 1. The Balaban J connectivity index is 1.91. The van der Waals surface area contributed by atoms with E-state index in [4.69, 9.17) is 21.8 Å². The van der Waals surface area contributed by atoms with Crippen LogP contribution in [0.3, 0.4) is 0 Å². The Labute approximate surface area is 122 Å². The number of hydrogen-bond donors (Lipinski definition) is 2. The van der Waals surface area contributed by atoms with Crippen LogP contribution in [0.15, 0.2) is 35.1 Å². The Morgan fingerprint density at radius 1 is 1.60 bits per heavy atom. The van der Waals surface area contributed by atoms with E-state index in [1.165, 1.54) is 12.3 Å². The Kier molecular flexibility index (Phi) is 4.63. The van der Waals surface area contributed by atoms with Crippen LogP contribution in [0, 0.1) is 0 Å². The molecule has 0 fully saturated rings. The Morgan fingerprint density at radius 3 is 3.10 bits per heavy atom. The average molecular weight is 294 g/mol. The molecule has 2 rings (SSSR count). The zero-order valence-corrected chi connectivity index (χ0v) is 11.9. The first kappa shape index (κ1) is 14.4. The molecule has 0 saturated heterocycles. The number of anilines is 1. The number of aromatic nitrogens is 1. The molecule has 0 aliphatic rings. The number of nitrogens with two attached hydrogens (primary N) is 1. The van der Waals surface area contributed by atoms with Crippen LogP contribution in [0.25, 0.3) is 0 Å². The third-order valence-electron chi connectivity index (χ3n) is 2.90. The molecule has 2 aromatic heterocycles. The molecule has 0 radical (unpaired) electrons. The molecule has 2 aromatic rings. The quantitative estimate of drug-likeness (QED) is 0.888. The van der Waals surface area contributed by atoms with Crippen molar-refractivity contribution in [3.63, 3.8) is 0 Å². The van der Waals surface area contributed by atoms with Gasteiger partial charge in [-0.2, -0.15) is 0 Å². The lowest BCUT2D eigenvalue weighted by Crippen LogP contribution is -2.33. The van der Waals surface area contributed by atoms with E-state index < -0.39 is 0 Å². The molecule has 1 unspecified atom stereocenters. The number of nitrogen functional groups attached to an aromatic ring is 1. The second kappa shape index (κ2) is 6.43. The normalized spacial score (nSPS) is 12.1. The second-order valence-electron chi connectivity index (χ2n) is 4.58. The molecule has 0 bridgehead atoms. The summed E-state index contributed by atoms with van der Waals surface area (Å²) in [5, 5.41) is 3.17. The van der Waals surface area contributed by atoms with E-state index in [2.05, 4.69) is 10.3 Å². The summed E-state index contributed by atoms with van der Waals surface area (Å²) in [6.07, 6.45) is 4.55. The maximum atomic E-state index is 12.1. The molecule has 2 heterocycles. The molecule has 1 atom stereocenters. The highest BCUT2D eigenvalue weighted by atomic mass is 35.5. The van der Waals surface area contributed by atoms with E-state index in [9.17, 15) is 4.79 Å². The third kappa shape index (κ3) is 3.74. The molecular formula is C14H16ClN3O2. The summed E-state index contributed by atoms with van der Waals surface area (Å²) in [6.45, 7) is 1.93. The predicted octanol–water partition coefficient (Wildman–Crippen LogP) is 2.66. The summed E-state index contributed by atoms with van der Waals surface area (Å²) >= 11 is 5.94. The molecule has 0 aliphatic carbocycles. The van der Waals surface area contributed by atoms with Crippen LogP contribution >= 0.6 is 11.6 Å². The van der Waals surface area contributed by atoms with E-state index in [1.807, 2.05) is 19.1 Å². The number of amides is 1. The summed E-state index contributed by atoms with van der Waals surface area (Å²) in [5.74, 6) is 0.913. The highest BCUT2D eigenvalue weighted by molar-refractivity contribution is 6.33. The third-order valence-corrected chi connectivity index (χ3v) is 3.20. The molecule has 0 saturated carbocycles. The van der Waals surface area contributed by atoms with Crippen molar-refractivity contribution in [2.75, 3.05) is 5.73 Å². The van der Waals surface area contributed by atoms with Crippen LogP contribution < -0.4 is 11.1 Å². The number of rotatable bonds is 5. The lowest BCUT2D eigenvalue weighted by Gasteiger charge is -2.14. The summed E-state index contributed by atoms with van der Waals surface area (Å²) in [4.78, 5) is 15.9. The molecule has 0 spiro atoms. The van der Waals surface area contributed by atoms with Crippen LogP contribution in [0.2, 0.25) is 5.02 Å². The molecule has 3 N–H and O–H groups in total. The number of carbonyl (C=O) groups excluding carboxylic acids is 1. The van der Waals surface area contributed by atoms with Crippen molar-refractivity contribution in [2.24, 2.45) is 0 Å². The van der Waals surface area contributed by atoms with E-state index in [1.54, 1.807) is 6.26 Å². The molecule has 1 amide bonds. The van der Waals surface area contributed by atoms with Crippen molar-refractivity contribution in [1.29, 1.82) is 0 Å². The maximum absolute atomic E-state index is 12.1. The maximum Gasteiger partial charge on any atom is 0.253 e. The minimum Gasteiger partial charge on any atom is -0.469 e. The topological polar surface area (TPSA) is 81.2 Å². The number of aryl methyl sites for hydroxylation is 1. The number of halogens is 1. The van der Waals surface area contributed by atoms with E-state index in [0.29, 0.717) is 5.56 Å². The monoisotopic (exact) mass is 293 g/mol. The summed E-state index contributed by atoms with van der Waals surface area (Å²) < 4.78 is 5.25. The predicted molar refractivity (Wildman–Crippen MR) is 77.6 cm³/mol. The number of furan rings is 1. The van der Waals surface area contributed by atoms with Gasteiger partial charge in [-0.1, -0.05) is 11.6 Å². The number of carbonyl (C=O) groups is 1. The number of pyridine rings is 1. The first-order valence-electron chi connectivity index (χ1n) is 6.30. The van der Waals surface area contributed by atoms with Crippen LogP contribution in [0.4, 0.5) is 5.82 Å². The van der Waals surface area contributed by atoms with E-state index >= 15 is 0 Å². The molecule has 6 heteroatoms. The first-order valence-corrected chi connectivity index (χ1v) is 6.68. The van der Waals surface area contributed by atoms with Gasteiger partial charge in [0.05, 0.1) is 16.8 Å². The standard InChI is InChI=1S/C14H16ClN3O2/c1-9(4-5-10-3-2-6-20-10)18-14(19)11-7-13(16)17-8-12(11)15/h2-3,6-9H,4-5H2,1H3,(H2,16,17)(H,18,19). The smallest absolute Gasteiger partial charge is 0.253 e. The molecular weight excluding hydrogens is 278 g/mol. The van der Waals surface area contributed by atoms with Crippen molar-refractivity contribution in [2.45, 2.75) is 25.8 Å². The Bertz CT molecular complexity index is 584. The fraction of sp³-hybridized carbons (Fsp3) is 0.286. The summed E-state index contributed by atoms with van der Waals surface area (Å²) in [6, 6.07) is 5.22. The van der Waals surface area contributed by atoms with Gasteiger partial charge in [0, 0.05) is 18.7 Å². The van der Waals surface area contributed by atoms with Gasteiger partial charge in [0.15, 0.2) is 0 Å². The number of nitrogens with zero attached hydrogens (tertiary/aromatic N) is 1. The van der Waals surface area contributed by atoms with E-state index in [0.717, 1.165) is 18.6 Å². The lowest BCUT2D eigenvalue weighted by atomic mass is 10.1. The first-order chi connectivity index (χ1) is 9.56. The largest absolute Gasteiger partial charge is 0.469 e. The van der Waals surface area contributed by atoms with Gasteiger partial charge in [0.2, 0.25) is 0 Å². The zero-order chi connectivity index (χ0) is 14.5. The average Bonchev–Trinajstić information content (AvgIpc) is 2.92. The summed E-state index contributed by atoms with van der Waals surface area (Å²) in [7, 11) is 0. The molecule has 0 aliphatic heterocycles. The minimum atomic E-state index is -0.254. The highest BCUT2D eigenvalue weighted by Gasteiger charge is 2.14. The highest BCUT2D eigenvalue weighted by Crippen LogP contribution is 2.16. The van der Waals surface area contributed by atoms with Crippen LogP contribution in [-0.2, 0) is 6.42 Å². The molecule has 106 valence electrons. The van der Waals surface area contributed by atoms with Crippen molar-refractivity contribution in [1.82, 2.24) is 10.3 Å². The van der Waals surface area contributed by atoms with Gasteiger partial charge in [-0.15, -0.1) is 0 Å². The van der Waals surface area contributed by atoms with Gasteiger partial charge in [-0.3, -0.25) is 4.79 Å². The Morgan fingerprint density at radius 2 is 2.40 bits per heavy atom. The molecule has 0 aromatic carbocycles. The van der Waals surface area contributed by atoms with Gasteiger partial charge >= 0.3 is 0 Å². The number of hydrogen-bond acceptors (Lipinski definition) is 4. The minimum absolute atomic E-state index is 0.00180. The zero-order valence-electron chi connectivity index (χ0n) is 11.1. The summed E-state index contributed by atoms with van der Waals surface area (Å²) in [5.41, 5.74) is 5.89. The Hall–Kier alpha value is -2.01. The van der Waals surface area contributed by atoms with Crippen molar-refractivity contribution >= 4 is 23.3 Å². The second-order valence-corrected chi connectivity index (χ2v) is 4.99. The van der Waals surface area contributed by atoms with E-state index in [-0.39, 0.29) is 22.8 Å². The van der Waals surface area contributed by atoms with Crippen molar-refractivity contribution in [3.05, 3.63) is 47.0 Å². The fourth-order valence-corrected chi connectivity index (χ4v) is 2.01. The molecule has 20 heavy (non-hydrogen) atoms. The van der Waals surface area contributed by atoms with Gasteiger partial charge in [-0.05, 0) is 31.5 Å². The van der Waals surface area contributed by atoms with Crippen LogP contribution in [-0.4, -0.2) is 16.9 Å². The van der Waals surface area contributed by atoms with Gasteiger partial charge in [0.25, 0.3) is 5.91 Å².